The Labute approximate surface area is 84.2 Å². The fourth-order valence-corrected chi connectivity index (χ4v) is 1.97. The predicted octanol–water partition coefficient (Wildman–Crippen LogP) is 2.56. The van der Waals surface area contributed by atoms with E-state index in [0.29, 0.717) is 0 Å². The Balaban J connectivity index is 2.39. The van der Waals surface area contributed by atoms with Crippen molar-refractivity contribution in [3.8, 4) is 12.3 Å². The zero-order valence-corrected chi connectivity index (χ0v) is 8.95. The first kappa shape index (κ1) is 10.3. The van der Waals surface area contributed by atoms with E-state index >= 15 is 0 Å². The largest absolute Gasteiger partial charge is 0.299 e. The summed E-state index contributed by atoms with van der Waals surface area (Å²) in [6.07, 6.45) is 6.33. The SMILES string of the molecule is C#CC(CC)NCc1ccc(C)s1. The molecule has 0 aliphatic carbocycles. The number of thiophene rings is 1. The van der Waals surface area contributed by atoms with Crippen molar-refractivity contribution in [2.24, 2.45) is 0 Å². The minimum atomic E-state index is 0.211. The van der Waals surface area contributed by atoms with Crippen LogP contribution in [0.25, 0.3) is 0 Å². The Hall–Kier alpha value is -0.780. The molecule has 0 saturated carbocycles. The second-order valence-corrected chi connectivity index (χ2v) is 4.39. The lowest BCUT2D eigenvalue weighted by molar-refractivity contribution is 0.597. The van der Waals surface area contributed by atoms with Crippen LogP contribution in [0.5, 0.6) is 0 Å². The van der Waals surface area contributed by atoms with Crippen molar-refractivity contribution in [2.75, 3.05) is 0 Å². The first-order valence-electron chi connectivity index (χ1n) is 4.51. The van der Waals surface area contributed by atoms with Crippen molar-refractivity contribution in [1.29, 1.82) is 0 Å². The molecule has 1 atom stereocenters. The summed E-state index contributed by atoms with van der Waals surface area (Å²) in [5.41, 5.74) is 0. The molecule has 0 saturated heterocycles. The van der Waals surface area contributed by atoms with E-state index in [4.69, 9.17) is 6.42 Å². The van der Waals surface area contributed by atoms with Gasteiger partial charge in [-0.15, -0.1) is 17.8 Å². The van der Waals surface area contributed by atoms with E-state index in [2.05, 4.69) is 37.2 Å². The van der Waals surface area contributed by atoms with Crippen molar-refractivity contribution in [3.05, 3.63) is 21.9 Å². The van der Waals surface area contributed by atoms with Crippen molar-refractivity contribution < 1.29 is 0 Å². The second-order valence-electron chi connectivity index (χ2n) is 3.02. The molecule has 1 aromatic heterocycles. The molecular formula is C11H15NS. The van der Waals surface area contributed by atoms with E-state index in [0.717, 1.165) is 13.0 Å². The summed E-state index contributed by atoms with van der Waals surface area (Å²) in [5, 5.41) is 3.32. The van der Waals surface area contributed by atoms with Crippen LogP contribution in [0, 0.1) is 19.3 Å². The highest BCUT2D eigenvalue weighted by Gasteiger charge is 2.01. The standard InChI is InChI=1S/C11H15NS/c1-4-10(5-2)12-8-11-7-6-9(3)13-11/h1,6-7,10,12H,5,8H2,2-3H3. The third kappa shape index (κ3) is 3.22. The lowest BCUT2D eigenvalue weighted by Gasteiger charge is -2.08. The molecule has 0 bridgehead atoms. The predicted molar refractivity (Wildman–Crippen MR) is 58.8 cm³/mol. The molecular weight excluding hydrogens is 178 g/mol. The minimum absolute atomic E-state index is 0.211. The zero-order valence-electron chi connectivity index (χ0n) is 8.13. The summed E-state index contributed by atoms with van der Waals surface area (Å²) in [7, 11) is 0. The molecule has 13 heavy (non-hydrogen) atoms. The Bertz CT molecular complexity index is 295. The lowest BCUT2D eigenvalue weighted by atomic mass is 10.2. The summed E-state index contributed by atoms with van der Waals surface area (Å²) >= 11 is 1.82. The molecule has 0 spiro atoms. The number of rotatable bonds is 4. The van der Waals surface area contributed by atoms with E-state index in [1.165, 1.54) is 9.75 Å². The Morgan fingerprint density at radius 2 is 2.38 bits per heavy atom. The Morgan fingerprint density at radius 1 is 1.62 bits per heavy atom. The van der Waals surface area contributed by atoms with Gasteiger partial charge in [0.2, 0.25) is 0 Å². The van der Waals surface area contributed by atoms with Gasteiger partial charge in [-0.1, -0.05) is 12.8 Å². The molecule has 1 unspecified atom stereocenters. The van der Waals surface area contributed by atoms with E-state index in [9.17, 15) is 0 Å². The van der Waals surface area contributed by atoms with Gasteiger partial charge in [-0.2, -0.15) is 0 Å². The third-order valence-corrected chi connectivity index (χ3v) is 2.93. The molecule has 1 nitrogen and oxygen atoms in total. The molecule has 70 valence electrons. The third-order valence-electron chi connectivity index (χ3n) is 1.93. The maximum atomic E-state index is 5.34. The first-order chi connectivity index (χ1) is 6.26. The number of nitrogens with one attached hydrogen (secondary N) is 1. The lowest BCUT2D eigenvalue weighted by Crippen LogP contribution is -2.25. The number of terminal acetylenes is 1. The number of hydrogen-bond donors (Lipinski definition) is 1. The summed E-state index contributed by atoms with van der Waals surface area (Å²) in [6.45, 7) is 5.10. The molecule has 0 amide bonds. The van der Waals surface area contributed by atoms with Crippen LogP contribution in [-0.2, 0) is 6.54 Å². The highest BCUT2D eigenvalue weighted by Crippen LogP contribution is 2.14. The molecule has 2 heteroatoms. The smallest absolute Gasteiger partial charge is 0.0687 e. The average Bonchev–Trinajstić information content (AvgIpc) is 2.53. The van der Waals surface area contributed by atoms with Gasteiger partial charge in [0.15, 0.2) is 0 Å². The zero-order chi connectivity index (χ0) is 9.68. The van der Waals surface area contributed by atoms with Crippen LogP contribution in [0.4, 0.5) is 0 Å². The van der Waals surface area contributed by atoms with Crippen LogP contribution in [0.15, 0.2) is 12.1 Å². The van der Waals surface area contributed by atoms with Crippen LogP contribution in [0.2, 0.25) is 0 Å². The van der Waals surface area contributed by atoms with Gasteiger partial charge in [0.25, 0.3) is 0 Å². The van der Waals surface area contributed by atoms with E-state index < -0.39 is 0 Å². The first-order valence-corrected chi connectivity index (χ1v) is 5.32. The van der Waals surface area contributed by atoms with Gasteiger partial charge in [-0.25, -0.2) is 0 Å². The molecule has 0 fully saturated rings. The van der Waals surface area contributed by atoms with Gasteiger partial charge in [-0.3, -0.25) is 5.32 Å². The monoisotopic (exact) mass is 193 g/mol. The van der Waals surface area contributed by atoms with Crippen LogP contribution in [-0.4, -0.2) is 6.04 Å². The summed E-state index contributed by atoms with van der Waals surface area (Å²) in [5.74, 6) is 2.72. The average molecular weight is 193 g/mol. The van der Waals surface area contributed by atoms with Gasteiger partial charge < -0.3 is 0 Å². The topological polar surface area (TPSA) is 12.0 Å². The molecule has 0 aliphatic rings. The van der Waals surface area contributed by atoms with Crippen LogP contribution >= 0.6 is 11.3 Å². The highest BCUT2D eigenvalue weighted by atomic mass is 32.1. The van der Waals surface area contributed by atoms with Gasteiger partial charge in [-0.05, 0) is 25.5 Å². The molecule has 1 aromatic rings. The maximum absolute atomic E-state index is 5.34. The Morgan fingerprint density at radius 3 is 2.85 bits per heavy atom. The quantitative estimate of drug-likeness (QED) is 0.725. The molecule has 1 N–H and O–H groups in total. The fourth-order valence-electron chi connectivity index (χ4n) is 1.13. The van der Waals surface area contributed by atoms with Crippen LogP contribution in [0.3, 0.4) is 0 Å². The van der Waals surface area contributed by atoms with Gasteiger partial charge in [0.05, 0.1) is 6.04 Å². The number of hydrogen-bond acceptors (Lipinski definition) is 2. The summed E-state index contributed by atoms with van der Waals surface area (Å²) in [4.78, 5) is 2.71. The van der Waals surface area contributed by atoms with Crippen molar-refractivity contribution >= 4 is 11.3 Å². The highest BCUT2D eigenvalue weighted by molar-refractivity contribution is 7.11. The number of aryl methyl sites for hydroxylation is 1. The van der Waals surface area contributed by atoms with Crippen molar-refractivity contribution in [3.63, 3.8) is 0 Å². The van der Waals surface area contributed by atoms with E-state index in [-0.39, 0.29) is 6.04 Å². The van der Waals surface area contributed by atoms with Crippen molar-refractivity contribution in [1.82, 2.24) is 5.32 Å². The van der Waals surface area contributed by atoms with Gasteiger partial charge in [0.1, 0.15) is 0 Å². The normalized spacial score (nSPS) is 12.4. The molecule has 0 radical (unpaired) electrons. The molecule has 1 rings (SSSR count). The fraction of sp³-hybridized carbons (Fsp3) is 0.455. The maximum Gasteiger partial charge on any atom is 0.0687 e. The van der Waals surface area contributed by atoms with E-state index in [1.807, 2.05) is 11.3 Å². The minimum Gasteiger partial charge on any atom is -0.299 e. The second kappa shape index (κ2) is 5.06. The molecule has 0 aliphatic heterocycles. The summed E-state index contributed by atoms with van der Waals surface area (Å²) < 4.78 is 0. The summed E-state index contributed by atoms with van der Waals surface area (Å²) in [6, 6.07) is 4.50. The van der Waals surface area contributed by atoms with Crippen molar-refractivity contribution in [2.45, 2.75) is 32.9 Å². The van der Waals surface area contributed by atoms with Crippen LogP contribution in [0.1, 0.15) is 23.1 Å². The Kier molecular flexibility index (Phi) is 4.01. The van der Waals surface area contributed by atoms with Crippen LogP contribution < -0.4 is 5.32 Å². The van der Waals surface area contributed by atoms with Gasteiger partial charge >= 0.3 is 0 Å². The van der Waals surface area contributed by atoms with Gasteiger partial charge in [0, 0.05) is 16.3 Å². The van der Waals surface area contributed by atoms with E-state index in [1.54, 1.807) is 0 Å². The molecule has 0 aromatic carbocycles. The molecule has 1 heterocycles.